The van der Waals surface area contributed by atoms with Crippen LogP contribution in [0.25, 0.3) is 11.3 Å². The van der Waals surface area contributed by atoms with Gasteiger partial charge in [0, 0.05) is 24.8 Å². The molecule has 3 rings (SSSR count). The lowest BCUT2D eigenvalue weighted by atomic mass is 10.1. The van der Waals surface area contributed by atoms with Gasteiger partial charge in [-0.15, -0.1) is 0 Å². The fourth-order valence-corrected chi connectivity index (χ4v) is 2.96. The number of nitro groups is 1. The third-order valence-corrected chi connectivity index (χ3v) is 4.52. The second kappa shape index (κ2) is 9.13. The van der Waals surface area contributed by atoms with Crippen LogP contribution < -0.4 is 0 Å². The van der Waals surface area contributed by atoms with Gasteiger partial charge in [0.25, 0.3) is 5.91 Å². The second-order valence-electron chi connectivity index (χ2n) is 6.72. The first-order valence-corrected chi connectivity index (χ1v) is 9.24. The molecule has 1 aromatic carbocycles. The topological polar surface area (TPSA) is 105 Å². The number of halogens is 1. The molecule has 0 unspecified atom stereocenters. The average molecular weight is 400 g/mol. The van der Waals surface area contributed by atoms with Crippen LogP contribution in [-0.2, 0) is 6.42 Å². The monoisotopic (exact) mass is 400 g/mol. The van der Waals surface area contributed by atoms with Crippen molar-refractivity contribution >= 4 is 11.8 Å². The van der Waals surface area contributed by atoms with Crippen LogP contribution >= 0.6 is 0 Å². The largest absolute Gasteiger partial charge is 0.433 e. The highest BCUT2D eigenvalue weighted by Crippen LogP contribution is 2.20. The minimum atomic E-state index is -0.675. The predicted molar refractivity (Wildman–Crippen MR) is 104 cm³/mol. The lowest BCUT2D eigenvalue weighted by Crippen LogP contribution is -2.27. The maximum Gasteiger partial charge on any atom is 0.433 e. The van der Waals surface area contributed by atoms with E-state index in [1.54, 1.807) is 13.1 Å². The number of amides is 1. The molecule has 0 aliphatic carbocycles. The highest BCUT2D eigenvalue weighted by molar-refractivity contribution is 5.91. The Bertz CT molecular complexity index is 998. The lowest BCUT2D eigenvalue weighted by Gasteiger charge is -2.15. The fourth-order valence-electron chi connectivity index (χ4n) is 2.96. The molecule has 2 heterocycles. The van der Waals surface area contributed by atoms with E-state index in [1.165, 1.54) is 29.2 Å². The standard InChI is InChI=1S/C20H21FN4O4/c1-24(20(26)18-9-10-19(29-18)25(27)28)11-4-2-3-8-16-13-17(23-22-16)14-6-5-7-15(21)12-14/h5-7,9-10,12-13H,2-4,8,11H2,1H3,(H,22,23). The van der Waals surface area contributed by atoms with Crippen LogP contribution in [0, 0.1) is 15.9 Å². The van der Waals surface area contributed by atoms with Crippen molar-refractivity contribution in [3.05, 3.63) is 69.9 Å². The molecule has 3 aromatic rings. The van der Waals surface area contributed by atoms with Gasteiger partial charge in [-0.25, -0.2) is 4.39 Å². The Hall–Kier alpha value is -3.49. The van der Waals surface area contributed by atoms with Gasteiger partial charge in [-0.3, -0.25) is 20.0 Å². The molecule has 0 aliphatic heterocycles. The van der Waals surface area contributed by atoms with E-state index in [0.717, 1.165) is 36.9 Å². The van der Waals surface area contributed by atoms with Crippen LogP contribution in [0.15, 0.2) is 46.9 Å². The van der Waals surface area contributed by atoms with E-state index in [1.807, 2.05) is 12.1 Å². The summed E-state index contributed by atoms with van der Waals surface area (Å²) in [4.78, 5) is 23.6. The summed E-state index contributed by atoms with van der Waals surface area (Å²) in [6.45, 7) is 0.519. The summed E-state index contributed by atoms with van der Waals surface area (Å²) in [7, 11) is 1.64. The van der Waals surface area contributed by atoms with Crippen molar-refractivity contribution in [3.63, 3.8) is 0 Å². The van der Waals surface area contributed by atoms with E-state index in [4.69, 9.17) is 4.42 Å². The van der Waals surface area contributed by atoms with Crippen LogP contribution in [0.3, 0.4) is 0 Å². The molecular weight excluding hydrogens is 379 g/mol. The number of nitrogens with zero attached hydrogens (tertiary/aromatic N) is 3. The first-order chi connectivity index (χ1) is 13.9. The van der Waals surface area contributed by atoms with Gasteiger partial charge in [0.1, 0.15) is 10.7 Å². The minimum absolute atomic E-state index is 0.0402. The third-order valence-electron chi connectivity index (χ3n) is 4.52. The normalized spacial score (nSPS) is 10.8. The predicted octanol–water partition coefficient (Wildman–Crippen LogP) is 4.20. The molecule has 152 valence electrons. The maximum absolute atomic E-state index is 13.3. The summed E-state index contributed by atoms with van der Waals surface area (Å²) in [6, 6.07) is 10.7. The molecular formula is C20H21FN4O4. The zero-order chi connectivity index (χ0) is 20.8. The number of aromatic amines is 1. The highest BCUT2D eigenvalue weighted by Gasteiger charge is 2.19. The maximum atomic E-state index is 13.3. The summed E-state index contributed by atoms with van der Waals surface area (Å²) in [5, 5.41) is 17.8. The number of nitrogens with one attached hydrogen (secondary N) is 1. The van der Waals surface area contributed by atoms with Crippen LogP contribution in [0.4, 0.5) is 10.3 Å². The van der Waals surface area contributed by atoms with Crippen LogP contribution in [0.1, 0.15) is 35.5 Å². The minimum Gasteiger partial charge on any atom is -0.395 e. The van der Waals surface area contributed by atoms with Gasteiger partial charge >= 0.3 is 5.88 Å². The summed E-state index contributed by atoms with van der Waals surface area (Å²) >= 11 is 0. The molecule has 0 radical (unpaired) electrons. The number of H-pyrrole nitrogens is 1. The van der Waals surface area contributed by atoms with Crippen molar-refractivity contribution in [1.82, 2.24) is 15.1 Å². The van der Waals surface area contributed by atoms with Crippen LogP contribution in [0.2, 0.25) is 0 Å². The molecule has 0 fully saturated rings. The van der Waals surface area contributed by atoms with Crippen molar-refractivity contribution in [2.24, 2.45) is 0 Å². The van der Waals surface area contributed by atoms with E-state index in [9.17, 15) is 19.3 Å². The second-order valence-corrected chi connectivity index (χ2v) is 6.72. The SMILES string of the molecule is CN(CCCCCc1cc(-c2cccc(F)c2)n[nH]1)C(=O)c1ccc([N+](=O)[O-])o1. The Morgan fingerprint density at radius 1 is 1.24 bits per heavy atom. The number of carbonyl (C=O) groups excluding carboxylic acids is 1. The van der Waals surface area contributed by atoms with Crippen LogP contribution in [0.5, 0.6) is 0 Å². The van der Waals surface area contributed by atoms with E-state index in [-0.39, 0.29) is 17.5 Å². The molecule has 0 bridgehead atoms. The number of unbranched alkanes of at least 4 members (excludes halogenated alkanes) is 2. The molecule has 29 heavy (non-hydrogen) atoms. The number of furan rings is 1. The number of hydrogen-bond donors (Lipinski definition) is 1. The van der Waals surface area contributed by atoms with Gasteiger partial charge in [0.2, 0.25) is 0 Å². The first kappa shape index (κ1) is 20.2. The van der Waals surface area contributed by atoms with Gasteiger partial charge in [-0.2, -0.15) is 5.10 Å². The van der Waals surface area contributed by atoms with Crippen molar-refractivity contribution < 1.29 is 18.5 Å². The van der Waals surface area contributed by atoms with Crippen molar-refractivity contribution in [3.8, 4) is 11.3 Å². The van der Waals surface area contributed by atoms with Gasteiger partial charge in [0.05, 0.1) is 11.8 Å². The van der Waals surface area contributed by atoms with Crippen LogP contribution in [-0.4, -0.2) is 39.5 Å². The smallest absolute Gasteiger partial charge is 0.395 e. The Morgan fingerprint density at radius 3 is 2.79 bits per heavy atom. The fraction of sp³-hybridized carbons (Fsp3) is 0.300. The first-order valence-electron chi connectivity index (χ1n) is 9.24. The zero-order valence-electron chi connectivity index (χ0n) is 15.9. The highest BCUT2D eigenvalue weighted by atomic mass is 19.1. The van der Waals surface area contributed by atoms with Crippen molar-refractivity contribution in [2.75, 3.05) is 13.6 Å². The quantitative estimate of drug-likeness (QED) is 0.329. The molecule has 2 aromatic heterocycles. The molecule has 0 saturated heterocycles. The van der Waals surface area contributed by atoms with Gasteiger partial charge in [-0.05, 0) is 43.5 Å². The Kier molecular flexibility index (Phi) is 6.38. The number of benzene rings is 1. The average Bonchev–Trinajstić information content (AvgIpc) is 3.37. The molecule has 1 N–H and O–H groups in total. The molecule has 8 nitrogen and oxygen atoms in total. The lowest BCUT2D eigenvalue weighted by molar-refractivity contribution is -0.402. The summed E-state index contributed by atoms with van der Waals surface area (Å²) in [5.41, 5.74) is 2.40. The van der Waals surface area contributed by atoms with Gasteiger partial charge in [-0.1, -0.05) is 18.6 Å². The van der Waals surface area contributed by atoms with Crippen molar-refractivity contribution in [1.29, 1.82) is 0 Å². The molecule has 0 atom stereocenters. The van der Waals surface area contributed by atoms with E-state index in [0.29, 0.717) is 12.2 Å². The van der Waals surface area contributed by atoms with E-state index >= 15 is 0 Å². The molecule has 1 amide bonds. The molecule has 0 aliphatic rings. The number of rotatable bonds is 9. The Balaban J connectivity index is 1.40. The zero-order valence-corrected chi connectivity index (χ0v) is 15.9. The molecule has 0 saturated carbocycles. The third kappa shape index (κ3) is 5.28. The number of aromatic nitrogens is 2. The summed E-state index contributed by atoms with van der Waals surface area (Å²) in [6.07, 6.45) is 3.38. The van der Waals surface area contributed by atoms with Gasteiger partial charge in [0.15, 0.2) is 5.76 Å². The Morgan fingerprint density at radius 2 is 2.07 bits per heavy atom. The summed E-state index contributed by atoms with van der Waals surface area (Å²) < 4.78 is 18.2. The molecule has 0 spiro atoms. The van der Waals surface area contributed by atoms with E-state index in [2.05, 4.69) is 10.2 Å². The number of hydrogen-bond acceptors (Lipinski definition) is 5. The van der Waals surface area contributed by atoms with Crippen molar-refractivity contribution in [2.45, 2.75) is 25.7 Å². The van der Waals surface area contributed by atoms with Gasteiger partial charge < -0.3 is 9.32 Å². The van der Waals surface area contributed by atoms with E-state index < -0.39 is 10.8 Å². The number of carbonyl (C=O) groups is 1. The molecule has 9 heteroatoms. The number of aryl methyl sites for hydroxylation is 1. The Labute approximate surface area is 166 Å². The summed E-state index contributed by atoms with van der Waals surface area (Å²) in [5.74, 6) is -1.17.